The Morgan fingerprint density at radius 3 is 2.43 bits per heavy atom. The molecule has 0 aromatic rings. The number of nitrogens with two attached hydrogens (primary N) is 1. The van der Waals surface area contributed by atoms with Crippen molar-refractivity contribution in [2.75, 3.05) is 0 Å². The smallest absolute Gasteiger partial charge is 0.0124 e. The minimum absolute atomic E-state index is 0.388. The molecule has 0 aromatic carbocycles. The summed E-state index contributed by atoms with van der Waals surface area (Å²) >= 11 is 0. The fraction of sp³-hybridized carbons (Fsp3) is 0.846. The van der Waals surface area contributed by atoms with Gasteiger partial charge in [-0.2, -0.15) is 0 Å². The molecule has 1 rings (SSSR count). The first kappa shape index (κ1) is 11.8. The van der Waals surface area contributed by atoms with E-state index in [4.69, 9.17) is 5.73 Å². The van der Waals surface area contributed by atoms with E-state index in [1.807, 2.05) is 0 Å². The van der Waals surface area contributed by atoms with Crippen molar-refractivity contribution in [3.8, 4) is 0 Å². The maximum atomic E-state index is 6.35. The molecule has 0 saturated heterocycles. The van der Waals surface area contributed by atoms with Gasteiger partial charge in [-0.3, -0.25) is 0 Å². The predicted octanol–water partition coefficient (Wildman–Crippen LogP) is 3.50. The van der Waals surface area contributed by atoms with Crippen LogP contribution in [0, 0.1) is 11.3 Å². The average molecular weight is 195 g/mol. The maximum Gasteiger partial charge on any atom is 0.0124 e. The molecule has 0 amide bonds. The third-order valence-corrected chi connectivity index (χ3v) is 3.62. The van der Waals surface area contributed by atoms with E-state index in [2.05, 4.69) is 27.4 Å². The standard InChI is InChI=1S/C13H25N/c1-5-6-11(9-10(2)3)12(14)13(4)7-8-13/h11-12H,2,5-9,14H2,1,3-4H3/t11?,12-/m1/s1. The number of hydrogen-bond acceptors (Lipinski definition) is 1. The second-order valence-electron chi connectivity index (χ2n) is 5.39. The Balaban J connectivity index is 2.52. The Bertz CT molecular complexity index is 203. The van der Waals surface area contributed by atoms with E-state index in [0.29, 0.717) is 17.4 Å². The normalized spacial score (nSPS) is 22.9. The molecule has 0 spiro atoms. The summed E-state index contributed by atoms with van der Waals surface area (Å²) in [7, 11) is 0. The Kier molecular flexibility index (Phi) is 3.77. The summed E-state index contributed by atoms with van der Waals surface area (Å²) in [5, 5.41) is 0. The van der Waals surface area contributed by atoms with Crippen molar-refractivity contribution < 1.29 is 0 Å². The molecule has 1 aliphatic rings. The molecule has 2 atom stereocenters. The van der Waals surface area contributed by atoms with Gasteiger partial charge in [0.25, 0.3) is 0 Å². The van der Waals surface area contributed by atoms with Crippen LogP contribution in [-0.4, -0.2) is 6.04 Å². The van der Waals surface area contributed by atoms with Crippen molar-refractivity contribution in [2.24, 2.45) is 17.1 Å². The van der Waals surface area contributed by atoms with Gasteiger partial charge in [-0.1, -0.05) is 25.8 Å². The Labute approximate surface area is 88.8 Å². The fourth-order valence-corrected chi connectivity index (χ4v) is 2.33. The highest BCUT2D eigenvalue weighted by atomic mass is 14.7. The zero-order chi connectivity index (χ0) is 10.8. The average Bonchev–Trinajstić information content (AvgIpc) is 2.82. The Hall–Kier alpha value is -0.300. The largest absolute Gasteiger partial charge is 0.327 e. The number of rotatable bonds is 6. The molecule has 1 aliphatic carbocycles. The van der Waals surface area contributed by atoms with Crippen LogP contribution in [0.25, 0.3) is 0 Å². The maximum absolute atomic E-state index is 6.35. The van der Waals surface area contributed by atoms with Gasteiger partial charge in [-0.15, -0.1) is 6.58 Å². The number of hydrogen-bond donors (Lipinski definition) is 1. The van der Waals surface area contributed by atoms with Gasteiger partial charge in [0.1, 0.15) is 0 Å². The van der Waals surface area contributed by atoms with E-state index in [0.717, 1.165) is 6.42 Å². The molecule has 0 aliphatic heterocycles. The first-order valence-corrected chi connectivity index (χ1v) is 5.89. The van der Waals surface area contributed by atoms with Gasteiger partial charge in [0.15, 0.2) is 0 Å². The van der Waals surface area contributed by atoms with Crippen molar-refractivity contribution in [3.63, 3.8) is 0 Å². The second-order valence-corrected chi connectivity index (χ2v) is 5.39. The highest BCUT2D eigenvalue weighted by molar-refractivity contribution is 5.03. The molecule has 1 saturated carbocycles. The summed E-state index contributed by atoms with van der Waals surface area (Å²) in [6, 6.07) is 0.388. The minimum Gasteiger partial charge on any atom is -0.327 e. The van der Waals surface area contributed by atoms with Gasteiger partial charge in [0.05, 0.1) is 0 Å². The van der Waals surface area contributed by atoms with Gasteiger partial charge in [0, 0.05) is 6.04 Å². The molecule has 0 heterocycles. The van der Waals surface area contributed by atoms with Crippen molar-refractivity contribution in [3.05, 3.63) is 12.2 Å². The van der Waals surface area contributed by atoms with Crippen LogP contribution in [0.1, 0.15) is 52.9 Å². The molecule has 1 fully saturated rings. The minimum atomic E-state index is 0.388. The number of allylic oxidation sites excluding steroid dienone is 1. The molecule has 0 bridgehead atoms. The van der Waals surface area contributed by atoms with E-state index in [9.17, 15) is 0 Å². The first-order valence-electron chi connectivity index (χ1n) is 5.89. The van der Waals surface area contributed by atoms with Crippen LogP contribution < -0.4 is 5.73 Å². The molecular weight excluding hydrogens is 170 g/mol. The molecule has 2 N–H and O–H groups in total. The van der Waals surface area contributed by atoms with Gasteiger partial charge in [-0.05, 0) is 43.9 Å². The SMILES string of the molecule is C=C(C)CC(CCC)[C@@H](N)C1(C)CC1. The lowest BCUT2D eigenvalue weighted by atomic mass is 9.81. The van der Waals surface area contributed by atoms with Crippen LogP contribution in [-0.2, 0) is 0 Å². The van der Waals surface area contributed by atoms with Crippen LogP contribution >= 0.6 is 0 Å². The molecule has 0 radical (unpaired) electrons. The summed E-state index contributed by atoms with van der Waals surface area (Å²) < 4.78 is 0. The third kappa shape index (κ3) is 2.84. The fourth-order valence-electron chi connectivity index (χ4n) is 2.33. The summed E-state index contributed by atoms with van der Waals surface area (Å²) in [5.41, 5.74) is 8.09. The monoisotopic (exact) mass is 195 g/mol. The van der Waals surface area contributed by atoms with Crippen molar-refractivity contribution >= 4 is 0 Å². The van der Waals surface area contributed by atoms with E-state index in [1.165, 1.54) is 31.3 Å². The highest BCUT2D eigenvalue weighted by Crippen LogP contribution is 2.50. The molecule has 82 valence electrons. The van der Waals surface area contributed by atoms with Gasteiger partial charge >= 0.3 is 0 Å². The lowest BCUT2D eigenvalue weighted by Crippen LogP contribution is -2.37. The van der Waals surface area contributed by atoms with E-state index in [1.54, 1.807) is 0 Å². The van der Waals surface area contributed by atoms with Crippen LogP contribution in [0.4, 0.5) is 0 Å². The quantitative estimate of drug-likeness (QED) is 0.645. The zero-order valence-electron chi connectivity index (χ0n) is 9.97. The molecule has 0 aromatic heterocycles. The highest BCUT2D eigenvalue weighted by Gasteiger charge is 2.45. The summed E-state index contributed by atoms with van der Waals surface area (Å²) in [5.74, 6) is 0.657. The van der Waals surface area contributed by atoms with E-state index in [-0.39, 0.29) is 0 Å². The summed E-state index contributed by atoms with van der Waals surface area (Å²) in [6.07, 6.45) is 6.26. The Morgan fingerprint density at radius 2 is 2.07 bits per heavy atom. The van der Waals surface area contributed by atoms with Crippen molar-refractivity contribution in [2.45, 2.75) is 58.9 Å². The van der Waals surface area contributed by atoms with Crippen LogP contribution in [0.15, 0.2) is 12.2 Å². The predicted molar refractivity (Wildman–Crippen MR) is 63.1 cm³/mol. The van der Waals surface area contributed by atoms with E-state index >= 15 is 0 Å². The first-order chi connectivity index (χ1) is 6.49. The molecule has 1 unspecified atom stereocenters. The lowest BCUT2D eigenvalue weighted by molar-refractivity contribution is 0.288. The summed E-state index contributed by atoms with van der Waals surface area (Å²) in [4.78, 5) is 0. The second kappa shape index (κ2) is 4.48. The van der Waals surface area contributed by atoms with E-state index < -0.39 is 0 Å². The zero-order valence-corrected chi connectivity index (χ0v) is 9.97. The molecule has 1 nitrogen and oxygen atoms in total. The Morgan fingerprint density at radius 1 is 1.50 bits per heavy atom. The van der Waals surface area contributed by atoms with Gasteiger partial charge in [-0.25, -0.2) is 0 Å². The van der Waals surface area contributed by atoms with Gasteiger partial charge in [0.2, 0.25) is 0 Å². The summed E-state index contributed by atoms with van der Waals surface area (Å²) in [6.45, 7) is 10.7. The third-order valence-electron chi connectivity index (χ3n) is 3.62. The molecule has 14 heavy (non-hydrogen) atoms. The van der Waals surface area contributed by atoms with Crippen molar-refractivity contribution in [1.82, 2.24) is 0 Å². The van der Waals surface area contributed by atoms with Crippen molar-refractivity contribution in [1.29, 1.82) is 0 Å². The van der Waals surface area contributed by atoms with Crippen LogP contribution in [0.2, 0.25) is 0 Å². The topological polar surface area (TPSA) is 26.0 Å². The van der Waals surface area contributed by atoms with Gasteiger partial charge < -0.3 is 5.73 Å². The van der Waals surface area contributed by atoms with Crippen LogP contribution in [0.3, 0.4) is 0 Å². The lowest BCUT2D eigenvalue weighted by Gasteiger charge is -2.29. The van der Waals surface area contributed by atoms with Crippen LogP contribution in [0.5, 0.6) is 0 Å². The molecular formula is C13H25N. The molecule has 1 heteroatoms.